The van der Waals surface area contributed by atoms with Gasteiger partial charge in [0, 0.05) is 27.6 Å². The minimum atomic E-state index is -3.59. The Balaban J connectivity index is 1.46. The van der Waals surface area contributed by atoms with Crippen molar-refractivity contribution in [3.05, 3.63) is 193 Å². The van der Waals surface area contributed by atoms with E-state index in [1.54, 1.807) is 0 Å². The van der Waals surface area contributed by atoms with E-state index >= 15 is 9.13 Å². The smallest absolute Gasteiger partial charge is 0.261 e. The van der Waals surface area contributed by atoms with Crippen molar-refractivity contribution >= 4 is 36.0 Å². The summed E-state index contributed by atoms with van der Waals surface area (Å²) < 4.78 is 44.0. The Morgan fingerprint density at radius 2 is 0.578 bits per heavy atom. The Kier molecular flexibility index (Phi) is 9.69. The van der Waals surface area contributed by atoms with Gasteiger partial charge in [0.15, 0.2) is 0 Å². The van der Waals surface area contributed by atoms with E-state index < -0.39 is 26.9 Å². The van der Waals surface area contributed by atoms with Gasteiger partial charge in [0.1, 0.15) is 0 Å². The molecular formula is C39H34O4P2. The molecule has 0 amide bonds. The first-order chi connectivity index (χ1) is 22.1. The van der Waals surface area contributed by atoms with Crippen molar-refractivity contribution in [2.24, 2.45) is 0 Å². The minimum absolute atomic E-state index is 0.265. The van der Waals surface area contributed by atoms with Gasteiger partial charge in [-0.1, -0.05) is 133 Å². The summed E-state index contributed by atoms with van der Waals surface area (Å²) in [4.78, 5) is 0. The van der Waals surface area contributed by atoms with Gasteiger partial charge in [-0.25, -0.2) is 0 Å². The van der Waals surface area contributed by atoms with Gasteiger partial charge in [0.25, 0.3) is 14.7 Å². The maximum absolute atomic E-state index is 15.1. The third-order valence-corrected chi connectivity index (χ3v) is 12.7. The molecule has 0 N–H and O–H groups in total. The minimum Gasteiger partial charge on any atom is -0.314 e. The normalized spacial score (nSPS) is 13.2. The quantitative estimate of drug-likeness (QED) is 0.127. The molecule has 6 heteroatoms. The standard InChI is InChI=1S/C39H34O4P2/c40-44(34-23-11-3-12-24-34,35-25-13-4-14-26-35)42-38(32-19-7-1-8-20-32)31-39(33-21-9-2-10-22-33)43-45(41,36-27-15-5-16-28-36)37-29-17-6-18-30-37/h1-30,38-39H,31H2. The van der Waals surface area contributed by atoms with E-state index in [-0.39, 0.29) is 6.42 Å². The van der Waals surface area contributed by atoms with Gasteiger partial charge in [-0.05, 0) is 59.7 Å². The van der Waals surface area contributed by atoms with Gasteiger partial charge >= 0.3 is 0 Å². The Bertz CT molecular complexity index is 1640. The Morgan fingerprint density at radius 1 is 0.356 bits per heavy atom. The zero-order valence-electron chi connectivity index (χ0n) is 24.7. The van der Waals surface area contributed by atoms with Gasteiger partial charge in [0.2, 0.25) is 0 Å². The lowest BCUT2D eigenvalue weighted by Crippen LogP contribution is -2.23. The van der Waals surface area contributed by atoms with Crippen LogP contribution in [0.15, 0.2) is 182 Å². The van der Waals surface area contributed by atoms with E-state index in [4.69, 9.17) is 9.05 Å². The highest BCUT2D eigenvalue weighted by Gasteiger charge is 2.37. The summed E-state index contributed by atoms with van der Waals surface area (Å²) in [5.74, 6) is 0. The highest BCUT2D eigenvalue weighted by Crippen LogP contribution is 2.54. The van der Waals surface area contributed by atoms with E-state index in [9.17, 15) is 0 Å². The van der Waals surface area contributed by atoms with Crippen molar-refractivity contribution in [2.45, 2.75) is 18.6 Å². The molecule has 4 nitrogen and oxygen atoms in total. The maximum Gasteiger partial charge on any atom is 0.261 e. The van der Waals surface area contributed by atoms with Crippen LogP contribution in [0.3, 0.4) is 0 Å². The fourth-order valence-electron chi connectivity index (χ4n) is 5.41. The molecule has 2 atom stereocenters. The highest BCUT2D eigenvalue weighted by atomic mass is 31.2. The summed E-state index contributed by atoms with van der Waals surface area (Å²) in [7, 11) is -7.17. The van der Waals surface area contributed by atoms with Crippen LogP contribution in [0, 0.1) is 0 Å². The molecule has 0 aliphatic carbocycles. The van der Waals surface area contributed by atoms with E-state index in [0.29, 0.717) is 21.2 Å². The molecule has 0 bridgehead atoms. The molecule has 0 fully saturated rings. The number of rotatable bonds is 12. The zero-order chi connectivity index (χ0) is 31.0. The first-order valence-corrected chi connectivity index (χ1v) is 18.2. The van der Waals surface area contributed by atoms with E-state index in [0.717, 1.165) is 11.1 Å². The molecule has 6 aromatic rings. The molecule has 0 aliphatic heterocycles. The predicted octanol–water partition coefficient (Wildman–Crippen LogP) is 8.75. The summed E-state index contributed by atoms with van der Waals surface area (Å²) >= 11 is 0. The van der Waals surface area contributed by atoms with Crippen LogP contribution in [0.4, 0.5) is 0 Å². The second-order valence-corrected chi connectivity index (χ2v) is 15.4. The Labute approximate surface area is 265 Å². The second kappa shape index (κ2) is 14.2. The fraction of sp³-hybridized carbons (Fsp3) is 0.0769. The van der Waals surface area contributed by atoms with Crippen molar-refractivity contribution in [3.63, 3.8) is 0 Å². The zero-order valence-corrected chi connectivity index (χ0v) is 26.5. The van der Waals surface area contributed by atoms with Crippen LogP contribution in [0.25, 0.3) is 0 Å². The SMILES string of the molecule is O=P(OC(CC(OP(=O)(c1ccccc1)c1ccccc1)c1ccccc1)c1ccccc1)(c1ccccc1)c1ccccc1. The molecule has 0 heterocycles. The first kappa shape index (κ1) is 30.7. The van der Waals surface area contributed by atoms with Crippen molar-refractivity contribution in [1.82, 2.24) is 0 Å². The molecule has 0 aliphatic rings. The number of benzene rings is 6. The molecule has 0 saturated carbocycles. The van der Waals surface area contributed by atoms with Crippen LogP contribution in [0.5, 0.6) is 0 Å². The predicted molar refractivity (Wildman–Crippen MR) is 185 cm³/mol. The summed E-state index contributed by atoms with van der Waals surface area (Å²) in [6.07, 6.45) is -1.06. The number of hydrogen-bond donors (Lipinski definition) is 0. The number of hydrogen-bond acceptors (Lipinski definition) is 4. The van der Waals surface area contributed by atoms with Crippen LogP contribution >= 0.6 is 14.7 Å². The molecule has 0 aromatic heterocycles. The summed E-state index contributed by atoms with van der Waals surface area (Å²) in [5, 5.41) is 2.42. The van der Waals surface area contributed by atoms with E-state index in [1.807, 2.05) is 182 Å². The van der Waals surface area contributed by atoms with Crippen LogP contribution in [-0.2, 0) is 18.2 Å². The van der Waals surface area contributed by atoms with Gasteiger partial charge in [-0.3, -0.25) is 9.13 Å². The third kappa shape index (κ3) is 7.01. The van der Waals surface area contributed by atoms with Gasteiger partial charge < -0.3 is 9.05 Å². The van der Waals surface area contributed by atoms with Crippen molar-refractivity contribution in [3.8, 4) is 0 Å². The van der Waals surface area contributed by atoms with E-state index in [1.165, 1.54) is 0 Å². The molecule has 0 saturated heterocycles. The lowest BCUT2D eigenvalue weighted by atomic mass is 9.99. The third-order valence-electron chi connectivity index (χ3n) is 7.71. The average Bonchev–Trinajstić information content (AvgIpc) is 3.13. The molecule has 45 heavy (non-hydrogen) atoms. The lowest BCUT2D eigenvalue weighted by molar-refractivity contribution is 0.121. The molecular weight excluding hydrogens is 594 g/mol. The molecule has 0 spiro atoms. The molecule has 224 valence electrons. The van der Waals surface area contributed by atoms with Crippen LogP contribution in [0.2, 0.25) is 0 Å². The highest BCUT2D eigenvalue weighted by molar-refractivity contribution is 7.74. The fourth-order valence-corrected chi connectivity index (χ4v) is 9.88. The molecule has 6 aromatic carbocycles. The topological polar surface area (TPSA) is 52.6 Å². The second-order valence-electron chi connectivity index (χ2n) is 10.7. The largest absolute Gasteiger partial charge is 0.314 e. The molecule has 0 radical (unpaired) electrons. The van der Waals surface area contributed by atoms with Crippen LogP contribution in [-0.4, -0.2) is 0 Å². The van der Waals surface area contributed by atoms with E-state index in [2.05, 4.69) is 0 Å². The van der Waals surface area contributed by atoms with Gasteiger partial charge in [0.05, 0.1) is 12.2 Å². The molecule has 2 unspecified atom stereocenters. The van der Waals surface area contributed by atoms with Gasteiger partial charge in [-0.15, -0.1) is 0 Å². The Hall–Kier alpha value is -4.30. The Morgan fingerprint density at radius 3 is 0.822 bits per heavy atom. The first-order valence-electron chi connectivity index (χ1n) is 15.0. The van der Waals surface area contributed by atoms with Crippen molar-refractivity contribution in [2.75, 3.05) is 0 Å². The average molecular weight is 629 g/mol. The maximum atomic E-state index is 15.1. The summed E-state index contributed by atoms with van der Waals surface area (Å²) in [6.45, 7) is 0. The van der Waals surface area contributed by atoms with Crippen LogP contribution in [0.1, 0.15) is 29.8 Å². The van der Waals surface area contributed by atoms with Gasteiger partial charge in [-0.2, -0.15) is 0 Å². The summed E-state index contributed by atoms with van der Waals surface area (Å²) in [6, 6.07) is 56.9. The lowest BCUT2D eigenvalue weighted by Gasteiger charge is -2.31. The van der Waals surface area contributed by atoms with Crippen LogP contribution < -0.4 is 21.2 Å². The molecule has 6 rings (SSSR count). The monoisotopic (exact) mass is 628 g/mol. The van der Waals surface area contributed by atoms with Crippen molar-refractivity contribution in [1.29, 1.82) is 0 Å². The van der Waals surface area contributed by atoms with Crippen molar-refractivity contribution < 1.29 is 18.2 Å². The summed E-state index contributed by atoms with van der Waals surface area (Å²) in [5.41, 5.74) is 1.70.